The minimum Gasteiger partial charge on any atom is -0.469 e. The fourth-order valence-electron chi connectivity index (χ4n) is 2.69. The molecule has 1 saturated carbocycles. The molecule has 0 aromatic heterocycles. The predicted octanol–water partition coefficient (Wildman–Crippen LogP) is 2.76. The smallest absolute Gasteiger partial charge is 0.313 e. The van der Waals surface area contributed by atoms with Gasteiger partial charge in [-0.3, -0.25) is 4.79 Å². The van der Waals surface area contributed by atoms with Gasteiger partial charge >= 0.3 is 5.97 Å². The Labute approximate surface area is 112 Å². The highest BCUT2D eigenvalue weighted by Gasteiger charge is 2.35. The monoisotopic (exact) mass is 268 g/mol. The van der Waals surface area contributed by atoms with E-state index in [-0.39, 0.29) is 23.9 Å². The van der Waals surface area contributed by atoms with Gasteiger partial charge in [-0.05, 0) is 42.9 Å². The van der Waals surface area contributed by atoms with Crippen molar-refractivity contribution < 1.29 is 14.6 Å². The molecule has 1 aromatic rings. The Morgan fingerprint density at radius 3 is 2.56 bits per heavy atom. The first kappa shape index (κ1) is 13.4. The summed E-state index contributed by atoms with van der Waals surface area (Å²) in [5.41, 5.74) is 0.908. The molecule has 3 unspecified atom stereocenters. The molecular formula is C14H17ClO3. The molecule has 1 fully saturated rings. The Kier molecular flexibility index (Phi) is 4.25. The predicted molar refractivity (Wildman–Crippen MR) is 69.6 cm³/mol. The molecular weight excluding hydrogens is 252 g/mol. The number of carbonyl (C=O) groups excluding carboxylic acids is 1. The lowest BCUT2D eigenvalue weighted by Gasteiger charge is -2.21. The SMILES string of the molecule is COC(=O)C(c1ccc(Cl)cc1)C1CCC(O)C1. The molecule has 3 nitrogen and oxygen atoms in total. The van der Waals surface area contributed by atoms with Crippen molar-refractivity contribution in [1.29, 1.82) is 0 Å². The van der Waals surface area contributed by atoms with Gasteiger partial charge in [0, 0.05) is 5.02 Å². The molecule has 0 heterocycles. The van der Waals surface area contributed by atoms with Gasteiger partial charge in [0.05, 0.1) is 19.1 Å². The maximum absolute atomic E-state index is 12.0. The number of methoxy groups -OCH3 is 1. The summed E-state index contributed by atoms with van der Waals surface area (Å²) in [5.74, 6) is -0.394. The normalized spacial score (nSPS) is 24.8. The van der Waals surface area contributed by atoms with Crippen molar-refractivity contribution >= 4 is 17.6 Å². The third kappa shape index (κ3) is 2.85. The van der Waals surface area contributed by atoms with Crippen LogP contribution in [0.5, 0.6) is 0 Å². The molecule has 1 aromatic carbocycles. The number of halogens is 1. The number of esters is 1. The van der Waals surface area contributed by atoms with E-state index >= 15 is 0 Å². The zero-order valence-corrected chi connectivity index (χ0v) is 11.1. The third-order valence-electron chi connectivity index (χ3n) is 3.60. The van der Waals surface area contributed by atoms with Crippen LogP contribution < -0.4 is 0 Å². The molecule has 98 valence electrons. The Morgan fingerprint density at radius 1 is 1.39 bits per heavy atom. The number of aliphatic hydroxyl groups is 1. The van der Waals surface area contributed by atoms with E-state index in [1.807, 2.05) is 12.1 Å². The van der Waals surface area contributed by atoms with Gasteiger partial charge in [-0.1, -0.05) is 23.7 Å². The van der Waals surface area contributed by atoms with Crippen LogP contribution in [0.3, 0.4) is 0 Å². The summed E-state index contributed by atoms with van der Waals surface area (Å²) in [6.07, 6.45) is 1.96. The van der Waals surface area contributed by atoms with Gasteiger partial charge in [-0.25, -0.2) is 0 Å². The molecule has 0 radical (unpaired) electrons. The van der Waals surface area contributed by atoms with E-state index in [0.717, 1.165) is 18.4 Å². The van der Waals surface area contributed by atoms with Crippen LogP contribution >= 0.6 is 11.6 Å². The summed E-state index contributed by atoms with van der Waals surface area (Å²) >= 11 is 5.86. The number of hydrogen-bond acceptors (Lipinski definition) is 3. The van der Waals surface area contributed by atoms with Crippen molar-refractivity contribution in [2.75, 3.05) is 7.11 Å². The average molecular weight is 269 g/mol. The molecule has 3 atom stereocenters. The van der Waals surface area contributed by atoms with Crippen LogP contribution in [0.25, 0.3) is 0 Å². The average Bonchev–Trinajstić information content (AvgIpc) is 2.78. The Hall–Kier alpha value is -1.06. The number of hydrogen-bond donors (Lipinski definition) is 1. The minimum absolute atomic E-state index is 0.147. The van der Waals surface area contributed by atoms with Crippen LogP contribution in [-0.4, -0.2) is 24.3 Å². The lowest BCUT2D eigenvalue weighted by atomic mass is 9.85. The fourth-order valence-corrected chi connectivity index (χ4v) is 2.82. The van der Waals surface area contributed by atoms with Crippen molar-refractivity contribution in [3.05, 3.63) is 34.9 Å². The van der Waals surface area contributed by atoms with Gasteiger partial charge < -0.3 is 9.84 Å². The van der Waals surface area contributed by atoms with Crippen LogP contribution in [0.15, 0.2) is 24.3 Å². The second kappa shape index (κ2) is 5.72. The van der Waals surface area contributed by atoms with E-state index in [1.165, 1.54) is 7.11 Å². The van der Waals surface area contributed by atoms with Gasteiger partial charge in [0.1, 0.15) is 0 Å². The first-order valence-electron chi connectivity index (χ1n) is 6.13. The molecule has 0 spiro atoms. The highest BCUT2D eigenvalue weighted by Crippen LogP contribution is 2.38. The molecule has 18 heavy (non-hydrogen) atoms. The number of benzene rings is 1. The second-order valence-electron chi connectivity index (χ2n) is 4.78. The number of aliphatic hydroxyl groups excluding tert-OH is 1. The van der Waals surface area contributed by atoms with Crippen LogP contribution in [0.4, 0.5) is 0 Å². The van der Waals surface area contributed by atoms with Gasteiger partial charge in [0.2, 0.25) is 0 Å². The largest absolute Gasteiger partial charge is 0.469 e. The molecule has 1 aliphatic carbocycles. The molecule has 1 N–H and O–H groups in total. The second-order valence-corrected chi connectivity index (χ2v) is 5.22. The quantitative estimate of drug-likeness (QED) is 0.858. The minimum atomic E-state index is -0.301. The summed E-state index contributed by atoms with van der Waals surface area (Å²) in [4.78, 5) is 12.0. The van der Waals surface area contributed by atoms with Crippen molar-refractivity contribution in [3.63, 3.8) is 0 Å². The molecule has 0 saturated heterocycles. The highest BCUT2D eigenvalue weighted by molar-refractivity contribution is 6.30. The first-order valence-corrected chi connectivity index (χ1v) is 6.51. The summed E-state index contributed by atoms with van der Waals surface area (Å²) < 4.78 is 4.89. The van der Waals surface area contributed by atoms with E-state index in [2.05, 4.69) is 0 Å². The molecule has 1 aliphatic rings. The van der Waals surface area contributed by atoms with Crippen molar-refractivity contribution in [2.24, 2.45) is 5.92 Å². The number of rotatable bonds is 3. The maximum atomic E-state index is 12.0. The topological polar surface area (TPSA) is 46.5 Å². The van der Waals surface area contributed by atoms with E-state index in [4.69, 9.17) is 16.3 Å². The fraction of sp³-hybridized carbons (Fsp3) is 0.500. The number of ether oxygens (including phenoxy) is 1. The van der Waals surface area contributed by atoms with Crippen LogP contribution in [0.2, 0.25) is 5.02 Å². The van der Waals surface area contributed by atoms with Gasteiger partial charge in [-0.2, -0.15) is 0 Å². The molecule has 0 aliphatic heterocycles. The van der Waals surface area contributed by atoms with Crippen molar-refractivity contribution in [3.8, 4) is 0 Å². The van der Waals surface area contributed by atoms with Gasteiger partial charge in [0.25, 0.3) is 0 Å². The zero-order valence-electron chi connectivity index (χ0n) is 10.3. The lowest BCUT2D eigenvalue weighted by molar-refractivity contribution is -0.143. The first-order chi connectivity index (χ1) is 8.61. The van der Waals surface area contributed by atoms with E-state index in [9.17, 15) is 9.90 Å². The highest BCUT2D eigenvalue weighted by atomic mass is 35.5. The van der Waals surface area contributed by atoms with Crippen LogP contribution in [-0.2, 0) is 9.53 Å². The van der Waals surface area contributed by atoms with E-state index in [0.29, 0.717) is 11.4 Å². The Balaban J connectivity index is 2.25. The summed E-state index contributed by atoms with van der Waals surface area (Å²) in [6, 6.07) is 7.26. The number of carbonyl (C=O) groups is 1. The van der Waals surface area contributed by atoms with Gasteiger partial charge in [-0.15, -0.1) is 0 Å². The van der Waals surface area contributed by atoms with Crippen molar-refractivity contribution in [2.45, 2.75) is 31.3 Å². The Bertz CT molecular complexity index is 416. The van der Waals surface area contributed by atoms with Gasteiger partial charge in [0.15, 0.2) is 0 Å². The summed E-state index contributed by atoms with van der Waals surface area (Å²) in [5, 5.41) is 10.3. The summed E-state index contributed by atoms with van der Waals surface area (Å²) in [7, 11) is 1.40. The molecule has 0 amide bonds. The van der Waals surface area contributed by atoms with E-state index < -0.39 is 0 Å². The zero-order chi connectivity index (χ0) is 13.1. The van der Waals surface area contributed by atoms with E-state index in [1.54, 1.807) is 12.1 Å². The molecule has 0 bridgehead atoms. The van der Waals surface area contributed by atoms with Crippen LogP contribution in [0, 0.1) is 5.92 Å². The molecule has 2 rings (SSSR count). The maximum Gasteiger partial charge on any atom is 0.313 e. The van der Waals surface area contributed by atoms with Crippen molar-refractivity contribution in [1.82, 2.24) is 0 Å². The Morgan fingerprint density at radius 2 is 2.06 bits per heavy atom. The standard InChI is InChI=1S/C14H17ClO3/c1-18-14(17)13(10-4-7-12(16)8-10)9-2-5-11(15)6-3-9/h2-3,5-6,10,12-13,16H,4,7-8H2,1H3. The third-order valence-corrected chi connectivity index (χ3v) is 3.85. The lowest BCUT2D eigenvalue weighted by Crippen LogP contribution is -2.22. The summed E-state index contributed by atoms with van der Waals surface area (Å²) in [6.45, 7) is 0. The van der Waals surface area contributed by atoms with Crippen LogP contribution in [0.1, 0.15) is 30.7 Å². The molecule has 4 heteroatoms.